The summed E-state index contributed by atoms with van der Waals surface area (Å²) in [5, 5.41) is 0. The molecule has 0 bridgehead atoms. The predicted octanol–water partition coefficient (Wildman–Crippen LogP) is 3.21. The number of piperidine rings is 1. The first-order chi connectivity index (χ1) is 13.0. The third-order valence-electron chi connectivity index (χ3n) is 7.77. The average Bonchev–Trinajstić information content (AvgIpc) is 3.02. The summed E-state index contributed by atoms with van der Waals surface area (Å²) in [5.41, 5.74) is 1.54. The number of hydrogen-bond acceptors (Lipinski definition) is 4. The van der Waals surface area contributed by atoms with Crippen molar-refractivity contribution in [2.24, 2.45) is 0 Å². The molecule has 148 valence electrons. The van der Waals surface area contributed by atoms with Gasteiger partial charge in [-0.2, -0.15) is 0 Å². The maximum Gasteiger partial charge on any atom is 0.222 e. The number of likely N-dealkylation sites (N-methyl/N-ethyl adjacent to an activating group) is 1. The quantitative estimate of drug-likeness (QED) is 0.817. The summed E-state index contributed by atoms with van der Waals surface area (Å²) in [5.74, 6) is 1.91. The van der Waals surface area contributed by atoms with Crippen molar-refractivity contribution in [2.75, 3.05) is 34.9 Å². The number of benzene rings is 1. The number of rotatable bonds is 3. The summed E-state index contributed by atoms with van der Waals surface area (Å²) in [6.07, 6.45) is 7.32. The molecule has 2 aliphatic heterocycles. The van der Waals surface area contributed by atoms with Gasteiger partial charge in [0, 0.05) is 30.5 Å². The van der Waals surface area contributed by atoms with Gasteiger partial charge in [0.05, 0.1) is 14.2 Å². The van der Waals surface area contributed by atoms with Crippen molar-refractivity contribution in [2.45, 2.75) is 61.9 Å². The second-order valence-electron chi connectivity index (χ2n) is 8.71. The van der Waals surface area contributed by atoms with Gasteiger partial charge in [-0.1, -0.05) is 6.07 Å². The van der Waals surface area contributed by atoms with Gasteiger partial charge in [0.2, 0.25) is 5.91 Å². The molecule has 2 heterocycles. The van der Waals surface area contributed by atoms with Gasteiger partial charge >= 0.3 is 0 Å². The van der Waals surface area contributed by atoms with Crippen LogP contribution in [0.25, 0.3) is 0 Å². The molecular weight excluding hydrogens is 340 g/mol. The van der Waals surface area contributed by atoms with Gasteiger partial charge < -0.3 is 19.3 Å². The van der Waals surface area contributed by atoms with Crippen LogP contribution in [0.2, 0.25) is 0 Å². The summed E-state index contributed by atoms with van der Waals surface area (Å²) in [6.45, 7) is 1.10. The first-order valence-corrected chi connectivity index (χ1v) is 10.2. The highest BCUT2D eigenvalue weighted by atomic mass is 16.5. The van der Waals surface area contributed by atoms with Crippen LogP contribution in [0.1, 0.15) is 50.5 Å². The molecule has 1 aliphatic carbocycles. The van der Waals surface area contributed by atoms with Gasteiger partial charge in [-0.15, -0.1) is 0 Å². The first kappa shape index (κ1) is 18.6. The molecule has 0 aromatic heterocycles. The monoisotopic (exact) mass is 372 g/mol. The Hall–Kier alpha value is -1.75. The van der Waals surface area contributed by atoms with Crippen molar-refractivity contribution in [3.63, 3.8) is 0 Å². The lowest BCUT2D eigenvalue weighted by molar-refractivity contribution is -0.143. The normalized spacial score (nSPS) is 34.0. The maximum atomic E-state index is 12.4. The molecule has 0 radical (unpaired) electrons. The Labute approximate surface area is 162 Å². The zero-order chi connectivity index (χ0) is 19.2. The second-order valence-corrected chi connectivity index (χ2v) is 8.71. The molecule has 1 saturated carbocycles. The van der Waals surface area contributed by atoms with Gasteiger partial charge in [-0.25, -0.2) is 0 Å². The standard InChI is InChI=1S/C22H32N2O3/c1-23-13-12-22(16-7-8-17(26-3)18(14-16)27-4)11-10-21(15-19(22)23)9-5-6-20(25)24(21)2/h7-8,14,19H,5-6,9-13,15H2,1-4H3. The highest BCUT2D eigenvalue weighted by Crippen LogP contribution is 2.54. The number of likely N-dealkylation sites (tertiary alicyclic amines) is 2. The molecule has 1 spiro atoms. The van der Waals surface area contributed by atoms with Gasteiger partial charge in [0.25, 0.3) is 0 Å². The fourth-order valence-corrected chi connectivity index (χ4v) is 6.01. The fourth-order valence-electron chi connectivity index (χ4n) is 6.01. The Balaban J connectivity index is 1.70. The molecule has 1 aromatic carbocycles. The minimum Gasteiger partial charge on any atom is -0.493 e. The lowest BCUT2D eigenvalue weighted by Gasteiger charge is -2.55. The lowest BCUT2D eigenvalue weighted by Crippen LogP contribution is -2.61. The predicted molar refractivity (Wildman–Crippen MR) is 105 cm³/mol. The van der Waals surface area contributed by atoms with Gasteiger partial charge in [0.15, 0.2) is 11.5 Å². The molecule has 0 N–H and O–H groups in total. The number of nitrogens with zero attached hydrogens (tertiary/aromatic N) is 2. The highest BCUT2D eigenvalue weighted by molar-refractivity contribution is 5.77. The smallest absolute Gasteiger partial charge is 0.222 e. The fraction of sp³-hybridized carbons (Fsp3) is 0.682. The molecule has 5 nitrogen and oxygen atoms in total. The van der Waals surface area contributed by atoms with Crippen LogP contribution in [0.3, 0.4) is 0 Å². The molecule has 3 unspecified atom stereocenters. The SMILES string of the molecule is COc1ccc(C23CCN(C)C2CC2(CCCC(=O)N2C)CC3)cc1OC. The minimum atomic E-state index is 0.0403. The van der Waals surface area contributed by atoms with Crippen molar-refractivity contribution in [1.82, 2.24) is 9.80 Å². The maximum absolute atomic E-state index is 12.4. The molecule has 4 rings (SSSR count). The summed E-state index contributed by atoms with van der Waals surface area (Å²) in [7, 11) is 7.66. The summed E-state index contributed by atoms with van der Waals surface area (Å²) >= 11 is 0. The van der Waals surface area contributed by atoms with E-state index in [4.69, 9.17) is 9.47 Å². The molecule has 5 heteroatoms. The third-order valence-corrected chi connectivity index (χ3v) is 7.77. The average molecular weight is 373 g/mol. The van der Waals surface area contributed by atoms with Crippen molar-refractivity contribution < 1.29 is 14.3 Å². The van der Waals surface area contributed by atoms with Crippen molar-refractivity contribution >= 4 is 5.91 Å². The van der Waals surface area contributed by atoms with Crippen LogP contribution in [0, 0.1) is 0 Å². The largest absolute Gasteiger partial charge is 0.493 e. The first-order valence-electron chi connectivity index (χ1n) is 10.2. The van der Waals surface area contributed by atoms with Crippen LogP contribution >= 0.6 is 0 Å². The van der Waals surface area contributed by atoms with Crippen molar-refractivity contribution in [3.8, 4) is 11.5 Å². The van der Waals surface area contributed by atoms with Crippen molar-refractivity contribution in [3.05, 3.63) is 23.8 Å². The zero-order valence-electron chi connectivity index (χ0n) is 17.1. The highest BCUT2D eigenvalue weighted by Gasteiger charge is 2.56. The number of carbonyl (C=O) groups excluding carboxylic acids is 1. The van der Waals surface area contributed by atoms with E-state index in [0.29, 0.717) is 18.4 Å². The number of hydrogen-bond donors (Lipinski definition) is 0. The lowest BCUT2D eigenvalue weighted by atomic mass is 9.59. The van der Waals surface area contributed by atoms with E-state index in [-0.39, 0.29) is 11.0 Å². The summed E-state index contributed by atoms with van der Waals surface area (Å²) in [4.78, 5) is 17.0. The Morgan fingerprint density at radius 2 is 1.81 bits per heavy atom. The van der Waals surface area contributed by atoms with E-state index in [0.717, 1.165) is 56.6 Å². The van der Waals surface area contributed by atoms with Gasteiger partial charge in [-0.3, -0.25) is 4.79 Å². The Bertz CT molecular complexity index is 736. The topological polar surface area (TPSA) is 42.0 Å². The van der Waals surface area contributed by atoms with E-state index in [1.165, 1.54) is 5.56 Å². The summed E-state index contributed by atoms with van der Waals surface area (Å²) < 4.78 is 11.0. The van der Waals surface area contributed by atoms with E-state index in [1.54, 1.807) is 14.2 Å². The molecule has 1 amide bonds. The second kappa shape index (κ2) is 6.69. The number of ether oxygens (including phenoxy) is 2. The Morgan fingerprint density at radius 1 is 1.04 bits per heavy atom. The van der Waals surface area contributed by atoms with E-state index in [1.807, 2.05) is 13.1 Å². The van der Waals surface area contributed by atoms with Crippen LogP contribution in [0.4, 0.5) is 0 Å². The van der Waals surface area contributed by atoms with Gasteiger partial charge in [-0.05, 0) is 69.8 Å². The zero-order valence-corrected chi connectivity index (χ0v) is 17.1. The minimum absolute atomic E-state index is 0.0403. The Kier molecular flexibility index (Phi) is 4.61. The van der Waals surface area contributed by atoms with E-state index >= 15 is 0 Å². The molecule has 3 atom stereocenters. The molecule has 1 aromatic rings. The number of methoxy groups -OCH3 is 2. The third kappa shape index (κ3) is 2.74. The Morgan fingerprint density at radius 3 is 2.56 bits per heavy atom. The molecule has 3 fully saturated rings. The number of amides is 1. The summed E-state index contributed by atoms with van der Waals surface area (Å²) in [6, 6.07) is 6.90. The van der Waals surface area contributed by atoms with Crippen molar-refractivity contribution in [1.29, 1.82) is 0 Å². The van der Waals surface area contributed by atoms with Crippen LogP contribution in [0.15, 0.2) is 18.2 Å². The van der Waals surface area contributed by atoms with Crippen LogP contribution in [-0.4, -0.2) is 62.1 Å². The molecule has 2 saturated heterocycles. The van der Waals surface area contributed by atoms with Crippen LogP contribution in [-0.2, 0) is 10.2 Å². The van der Waals surface area contributed by atoms with Crippen LogP contribution < -0.4 is 9.47 Å². The molecule has 27 heavy (non-hydrogen) atoms. The van der Waals surface area contributed by atoms with E-state index < -0.39 is 0 Å². The van der Waals surface area contributed by atoms with E-state index in [2.05, 4.69) is 29.0 Å². The van der Waals surface area contributed by atoms with Gasteiger partial charge in [0.1, 0.15) is 0 Å². The van der Waals surface area contributed by atoms with Crippen LogP contribution in [0.5, 0.6) is 11.5 Å². The molecular formula is C22H32N2O3. The molecule has 3 aliphatic rings. The number of carbonyl (C=O) groups is 1. The number of fused-ring (bicyclic) bond motifs is 1. The van der Waals surface area contributed by atoms with E-state index in [9.17, 15) is 4.79 Å².